The average Bonchev–Trinajstić information content (AvgIpc) is 2.48. The van der Waals surface area contributed by atoms with E-state index in [2.05, 4.69) is 15.3 Å². The Labute approximate surface area is 73.6 Å². The van der Waals surface area contributed by atoms with Crippen molar-refractivity contribution in [1.29, 1.82) is 0 Å². The van der Waals surface area contributed by atoms with E-state index in [4.69, 9.17) is 0 Å². The summed E-state index contributed by atoms with van der Waals surface area (Å²) >= 11 is 0. The minimum Gasteiger partial charge on any atom is -0.345 e. The highest BCUT2D eigenvalue weighted by atomic mass is 15.0. The van der Waals surface area contributed by atoms with Gasteiger partial charge in [-0.2, -0.15) is 0 Å². The van der Waals surface area contributed by atoms with Crippen LogP contribution in [0.1, 0.15) is 31.1 Å². The number of nitrogens with one attached hydrogen (secondary N) is 2. The fraction of sp³-hybridized carbons (Fsp3) is 0.667. The number of aromatic amines is 1. The summed E-state index contributed by atoms with van der Waals surface area (Å²) in [5, 5.41) is 3.28. The van der Waals surface area contributed by atoms with Crippen LogP contribution < -0.4 is 5.32 Å². The lowest BCUT2D eigenvalue weighted by atomic mass is 10.2. The van der Waals surface area contributed by atoms with Crippen molar-refractivity contribution in [3.05, 3.63) is 17.2 Å². The fourth-order valence-corrected chi connectivity index (χ4v) is 1.36. The lowest BCUT2D eigenvalue weighted by molar-refractivity contribution is 0.627. The number of fused-ring (bicyclic) bond motifs is 1. The molecule has 1 aliphatic heterocycles. The summed E-state index contributed by atoms with van der Waals surface area (Å²) in [5.74, 6) is 1.04. The summed E-state index contributed by atoms with van der Waals surface area (Å²) in [6.07, 6.45) is 1.07. The zero-order valence-corrected chi connectivity index (χ0v) is 8.07. The number of H-pyrrole nitrogens is 1. The molecule has 2 rings (SSSR count). The van der Waals surface area contributed by atoms with Crippen LogP contribution in [0, 0.1) is 6.92 Å². The predicted molar refractivity (Wildman–Crippen MR) is 50.1 cm³/mol. The van der Waals surface area contributed by atoms with E-state index in [1.54, 1.807) is 0 Å². The third-order valence-corrected chi connectivity index (χ3v) is 1.82. The van der Waals surface area contributed by atoms with Crippen molar-refractivity contribution >= 4 is 0 Å². The molecule has 0 spiro atoms. The van der Waals surface area contributed by atoms with Gasteiger partial charge >= 0.3 is 0 Å². The minimum atomic E-state index is 0.955. The molecule has 0 saturated carbocycles. The maximum Gasteiger partial charge on any atom is 0.103 e. The molecule has 0 unspecified atom stereocenters. The van der Waals surface area contributed by atoms with E-state index < -0.39 is 0 Å². The number of aromatic nitrogens is 2. The molecule has 3 nitrogen and oxygen atoms in total. The standard InChI is InChI=1S/C7H11N3.C2H6/c1-5-9-6-2-3-8-4-7(6)10-5;1-2/h8H,2-4H2,1H3,(H,9,10);1-2H3. The van der Waals surface area contributed by atoms with Crippen molar-refractivity contribution in [1.82, 2.24) is 15.3 Å². The van der Waals surface area contributed by atoms with Crippen LogP contribution in [0.5, 0.6) is 0 Å². The van der Waals surface area contributed by atoms with Gasteiger partial charge in [0.05, 0.1) is 11.4 Å². The molecule has 68 valence electrons. The number of aryl methyl sites for hydroxylation is 1. The summed E-state index contributed by atoms with van der Waals surface area (Å²) in [7, 11) is 0. The Morgan fingerprint density at radius 3 is 2.75 bits per heavy atom. The molecule has 1 aromatic rings. The normalized spacial score (nSPS) is 14.6. The molecule has 0 aliphatic carbocycles. The molecule has 2 N–H and O–H groups in total. The highest BCUT2D eigenvalue weighted by Gasteiger charge is 2.11. The monoisotopic (exact) mass is 167 g/mol. The summed E-state index contributed by atoms with van der Waals surface area (Å²) in [6.45, 7) is 8.02. The fourth-order valence-electron chi connectivity index (χ4n) is 1.36. The number of imidazole rings is 1. The molecular weight excluding hydrogens is 150 g/mol. The lowest BCUT2D eigenvalue weighted by Gasteiger charge is -2.09. The first-order chi connectivity index (χ1) is 5.86. The van der Waals surface area contributed by atoms with Crippen LogP contribution in [0.2, 0.25) is 0 Å². The molecule has 0 fully saturated rings. The van der Waals surface area contributed by atoms with E-state index in [9.17, 15) is 0 Å². The second-order valence-electron chi connectivity index (χ2n) is 2.67. The summed E-state index contributed by atoms with van der Waals surface area (Å²) in [6, 6.07) is 0. The summed E-state index contributed by atoms with van der Waals surface area (Å²) in [4.78, 5) is 7.58. The minimum absolute atomic E-state index is 0.955. The van der Waals surface area contributed by atoms with E-state index in [0.717, 1.165) is 25.3 Å². The molecule has 1 aliphatic rings. The molecule has 1 aromatic heterocycles. The molecule has 3 heteroatoms. The Bertz CT molecular complexity index is 216. The quantitative estimate of drug-likeness (QED) is 0.613. The third kappa shape index (κ3) is 1.85. The molecular formula is C9H17N3. The molecule has 0 saturated heterocycles. The van der Waals surface area contributed by atoms with Gasteiger partial charge in [-0.1, -0.05) is 13.8 Å². The Kier molecular flexibility index (Phi) is 3.29. The Hall–Kier alpha value is -0.830. The molecule has 12 heavy (non-hydrogen) atoms. The van der Waals surface area contributed by atoms with Crippen LogP contribution in [0.15, 0.2) is 0 Å². The van der Waals surface area contributed by atoms with Crippen molar-refractivity contribution in [3.63, 3.8) is 0 Å². The first kappa shape index (κ1) is 9.26. The molecule has 0 amide bonds. The van der Waals surface area contributed by atoms with Crippen LogP contribution in [0.3, 0.4) is 0 Å². The Morgan fingerprint density at radius 2 is 2.08 bits per heavy atom. The van der Waals surface area contributed by atoms with Crippen molar-refractivity contribution in [2.45, 2.75) is 33.7 Å². The van der Waals surface area contributed by atoms with Gasteiger partial charge < -0.3 is 10.3 Å². The maximum atomic E-state index is 4.36. The third-order valence-electron chi connectivity index (χ3n) is 1.82. The van der Waals surface area contributed by atoms with Gasteiger partial charge in [-0.15, -0.1) is 0 Å². The van der Waals surface area contributed by atoms with E-state index in [-0.39, 0.29) is 0 Å². The highest BCUT2D eigenvalue weighted by molar-refractivity contribution is 5.16. The van der Waals surface area contributed by atoms with E-state index in [1.807, 2.05) is 20.8 Å². The van der Waals surface area contributed by atoms with E-state index in [1.165, 1.54) is 11.4 Å². The molecule has 0 radical (unpaired) electrons. The van der Waals surface area contributed by atoms with Crippen LogP contribution in [-0.4, -0.2) is 16.5 Å². The van der Waals surface area contributed by atoms with Crippen LogP contribution >= 0.6 is 0 Å². The van der Waals surface area contributed by atoms with Crippen molar-refractivity contribution < 1.29 is 0 Å². The zero-order valence-electron chi connectivity index (χ0n) is 8.07. The molecule has 2 heterocycles. The predicted octanol–water partition coefficient (Wildman–Crippen LogP) is 1.39. The second-order valence-corrected chi connectivity index (χ2v) is 2.67. The van der Waals surface area contributed by atoms with Crippen molar-refractivity contribution in [2.24, 2.45) is 0 Å². The van der Waals surface area contributed by atoms with Crippen molar-refractivity contribution in [3.8, 4) is 0 Å². The van der Waals surface area contributed by atoms with Gasteiger partial charge in [0, 0.05) is 19.5 Å². The molecule has 0 aromatic carbocycles. The van der Waals surface area contributed by atoms with Gasteiger partial charge in [0.2, 0.25) is 0 Å². The summed E-state index contributed by atoms with van der Waals surface area (Å²) < 4.78 is 0. The Balaban J connectivity index is 0.000000336. The lowest BCUT2D eigenvalue weighted by Crippen LogP contribution is -2.23. The van der Waals surface area contributed by atoms with Gasteiger partial charge in [-0.25, -0.2) is 4.98 Å². The van der Waals surface area contributed by atoms with Gasteiger partial charge in [-0.05, 0) is 6.92 Å². The van der Waals surface area contributed by atoms with Gasteiger partial charge in [0.1, 0.15) is 5.82 Å². The molecule has 0 atom stereocenters. The van der Waals surface area contributed by atoms with Crippen molar-refractivity contribution in [2.75, 3.05) is 6.54 Å². The molecule has 0 bridgehead atoms. The Morgan fingerprint density at radius 1 is 1.33 bits per heavy atom. The first-order valence-electron chi connectivity index (χ1n) is 4.61. The average molecular weight is 167 g/mol. The largest absolute Gasteiger partial charge is 0.345 e. The van der Waals surface area contributed by atoms with E-state index >= 15 is 0 Å². The van der Waals surface area contributed by atoms with Crippen LogP contribution in [0.25, 0.3) is 0 Å². The topological polar surface area (TPSA) is 40.7 Å². The van der Waals surface area contributed by atoms with Gasteiger partial charge in [0.15, 0.2) is 0 Å². The first-order valence-corrected chi connectivity index (χ1v) is 4.61. The van der Waals surface area contributed by atoms with Gasteiger partial charge in [0.25, 0.3) is 0 Å². The smallest absolute Gasteiger partial charge is 0.103 e. The SMILES string of the molecule is CC.Cc1nc2c([nH]1)CNCC2. The van der Waals surface area contributed by atoms with E-state index in [0.29, 0.717) is 0 Å². The number of rotatable bonds is 0. The zero-order chi connectivity index (χ0) is 8.97. The van der Waals surface area contributed by atoms with Crippen LogP contribution in [-0.2, 0) is 13.0 Å². The highest BCUT2D eigenvalue weighted by Crippen LogP contribution is 2.09. The number of hydrogen-bond donors (Lipinski definition) is 2. The van der Waals surface area contributed by atoms with Crippen LogP contribution in [0.4, 0.5) is 0 Å². The van der Waals surface area contributed by atoms with Gasteiger partial charge in [-0.3, -0.25) is 0 Å². The second kappa shape index (κ2) is 4.26. The maximum absolute atomic E-state index is 4.36. The number of nitrogens with zero attached hydrogens (tertiary/aromatic N) is 1. The summed E-state index contributed by atoms with van der Waals surface area (Å²) in [5.41, 5.74) is 2.51. The number of hydrogen-bond acceptors (Lipinski definition) is 2.